The largest absolute Gasteiger partial charge is 0.505 e. The van der Waals surface area contributed by atoms with Crippen molar-refractivity contribution >= 4 is 77.2 Å². The summed E-state index contributed by atoms with van der Waals surface area (Å²) in [4.78, 5) is -1.55. The summed E-state index contributed by atoms with van der Waals surface area (Å²) in [6.45, 7) is -0.764. The van der Waals surface area contributed by atoms with Crippen molar-refractivity contribution in [3.8, 4) is 11.5 Å². The standard InChI is InChI=1S/C22H22N4O17S5/c27-20-13-21(28)19(12-18(20)25-23-14-1-3-15(4-2-14)46(31,32)9-7-38-44-42-40-29)26-24-17-6-5-16(11-22(17)48(35,36)37)47(33,34)10-8-39-45-43-41-30/h1-6,11-13,27-30H,7-10H2,(H,35,36,37). The fourth-order valence-corrected chi connectivity index (χ4v) is 6.85. The van der Waals surface area contributed by atoms with E-state index in [1.807, 2.05) is 0 Å². The Morgan fingerprint density at radius 1 is 0.604 bits per heavy atom. The van der Waals surface area contributed by atoms with Crippen LogP contribution in [0.15, 0.2) is 89.7 Å². The molecular weight excluding hydrogens is 753 g/mol. The minimum absolute atomic E-state index is 0.0764. The van der Waals surface area contributed by atoms with E-state index in [2.05, 4.69) is 43.4 Å². The van der Waals surface area contributed by atoms with Gasteiger partial charge >= 0.3 is 0 Å². The third-order valence-electron chi connectivity index (χ3n) is 5.46. The van der Waals surface area contributed by atoms with Crippen molar-refractivity contribution in [2.24, 2.45) is 20.5 Å². The molecule has 3 rings (SSSR count). The number of azo groups is 2. The Kier molecular flexibility index (Phi) is 14.6. The van der Waals surface area contributed by atoms with Crippen molar-refractivity contribution in [1.29, 1.82) is 0 Å². The van der Waals surface area contributed by atoms with E-state index >= 15 is 0 Å². The number of aromatic hydroxyl groups is 2. The second kappa shape index (κ2) is 17.9. The van der Waals surface area contributed by atoms with Gasteiger partial charge in [0.15, 0.2) is 44.3 Å². The molecule has 0 aliphatic rings. The fraction of sp³-hybridized carbons (Fsp3) is 0.182. The van der Waals surface area contributed by atoms with Crippen molar-refractivity contribution in [2.45, 2.75) is 14.7 Å². The number of hydrogen-bond acceptors (Lipinski definition) is 22. The quantitative estimate of drug-likeness (QED) is 0.0274. The number of phenols is 2. The van der Waals surface area contributed by atoms with E-state index in [1.165, 1.54) is 24.3 Å². The van der Waals surface area contributed by atoms with Crippen LogP contribution in [0.2, 0.25) is 0 Å². The van der Waals surface area contributed by atoms with Gasteiger partial charge in [0.05, 0.1) is 40.2 Å². The van der Waals surface area contributed by atoms with Crippen LogP contribution in [0.5, 0.6) is 11.5 Å². The number of sulfone groups is 2. The normalized spacial score (nSPS) is 12.7. The molecular formula is C22H22N4O17S5. The molecule has 3 aromatic rings. The molecule has 0 atom stereocenters. The van der Waals surface area contributed by atoms with Gasteiger partial charge in [0.25, 0.3) is 10.1 Å². The summed E-state index contributed by atoms with van der Waals surface area (Å²) in [7, 11) is -13.0. The summed E-state index contributed by atoms with van der Waals surface area (Å²) in [5.41, 5.74) is -0.993. The minimum atomic E-state index is -5.05. The number of rotatable bonds is 19. The molecule has 0 spiro atoms. The Balaban J connectivity index is 1.80. The number of nitrogens with zero attached hydrogens (tertiary/aromatic N) is 4. The van der Waals surface area contributed by atoms with Gasteiger partial charge in [-0.1, -0.05) is 10.1 Å². The van der Waals surface area contributed by atoms with Crippen LogP contribution in [0.25, 0.3) is 0 Å². The fourth-order valence-electron chi connectivity index (χ4n) is 3.29. The van der Waals surface area contributed by atoms with E-state index in [1.54, 1.807) is 0 Å². The summed E-state index contributed by atoms with van der Waals surface area (Å²) in [6.07, 6.45) is 0. The van der Waals surface area contributed by atoms with E-state index < -0.39 is 74.9 Å². The number of phenolic OH excluding ortho intramolecular Hbond substituents is 2. The first-order valence-corrected chi connectivity index (χ1v) is 18.3. The van der Waals surface area contributed by atoms with Crippen LogP contribution in [-0.4, -0.2) is 75.3 Å². The van der Waals surface area contributed by atoms with Gasteiger partial charge in [-0.05, 0) is 42.5 Å². The average Bonchev–Trinajstić information content (AvgIpc) is 3.03. The minimum Gasteiger partial charge on any atom is -0.505 e. The van der Waals surface area contributed by atoms with Crippen LogP contribution in [0.4, 0.5) is 22.7 Å². The molecule has 0 aromatic heterocycles. The van der Waals surface area contributed by atoms with Crippen LogP contribution in [-0.2, 0) is 56.9 Å². The van der Waals surface area contributed by atoms with Gasteiger partial charge in [-0.25, -0.2) is 27.4 Å². The SMILES string of the molecule is O=S(=O)(O)c1cc(S(=O)(=O)CCOSOOO)ccc1N=Nc1cc(N=Nc2ccc(S(=O)(=O)CCOSOOO)cc2)c(O)cc1O. The van der Waals surface area contributed by atoms with Crippen LogP contribution < -0.4 is 0 Å². The highest BCUT2D eigenvalue weighted by Crippen LogP contribution is 2.40. The Bertz CT molecular complexity index is 1940. The number of hydrogen-bond donors (Lipinski definition) is 5. The molecule has 21 nitrogen and oxygen atoms in total. The molecule has 0 fully saturated rings. The summed E-state index contributed by atoms with van der Waals surface area (Å²) in [6, 6.07) is 9.45. The van der Waals surface area contributed by atoms with Gasteiger partial charge in [-0.2, -0.15) is 13.5 Å². The highest BCUT2D eigenvalue weighted by Gasteiger charge is 2.23. The predicted octanol–water partition coefficient (Wildman–Crippen LogP) is 4.72. The highest BCUT2D eigenvalue weighted by atomic mass is 32.2. The van der Waals surface area contributed by atoms with Gasteiger partial charge in [-0.15, -0.1) is 24.0 Å². The van der Waals surface area contributed by atoms with Crippen molar-refractivity contribution in [1.82, 2.24) is 0 Å². The Hall–Kier alpha value is -3.35. The highest BCUT2D eigenvalue weighted by molar-refractivity contribution is 7.92. The molecule has 5 N–H and O–H groups in total. The van der Waals surface area contributed by atoms with Crippen molar-refractivity contribution < 1.29 is 77.6 Å². The molecule has 48 heavy (non-hydrogen) atoms. The van der Waals surface area contributed by atoms with Gasteiger partial charge in [0.1, 0.15) is 33.5 Å². The zero-order valence-electron chi connectivity index (χ0n) is 23.5. The van der Waals surface area contributed by atoms with E-state index in [9.17, 15) is 40.0 Å². The summed E-state index contributed by atoms with van der Waals surface area (Å²) in [5, 5.41) is 58.2. The van der Waals surface area contributed by atoms with Crippen LogP contribution in [0.1, 0.15) is 0 Å². The van der Waals surface area contributed by atoms with E-state index in [0.29, 0.717) is 6.07 Å². The van der Waals surface area contributed by atoms with E-state index in [0.717, 1.165) is 24.3 Å². The smallest absolute Gasteiger partial charge is 0.296 e. The lowest BCUT2D eigenvalue weighted by Crippen LogP contribution is -2.12. The molecule has 0 heterocycles. The van der Waals surface area contributed by atoms with Gasteiger partial charge < -0.3 is 10.2 Å². The Labute approximate surface area is 279 Å². The van der Waals surface area contributed by atoms with Crippen molar-refractivity contribution in [2.75, 3.05) is 24.7 Å². The predicted molar refractivity (Wildman–Crippen MR) is 162 cm³/mol. The molecule has 0 bridgehead atoms. The zero-order chi connectivity index (χ0) is 35.4. The summed E-state index contributed by atoms with van der Waals surface area (Å²) in [5.74, 6) is -2.30. The van der Waals surface area contributed by atoms with Crippen molar-refractivity contribution in [3.05, 3.63) is 54.6 Å². The molecule has 0 aliphatic carbocycles. The second-order valence-corrected chi connectivity index (χ2v) is 15.2. The summed E-state index contributed by atoms with van der Waals surface area (Å²) < 4.78 is 101. The lowest BCUT2D eigenvalue weighted by molar-refractivity contribution is -0.434. The molecule has 0 amide bonds. The Morgan fingerprint density at radius 3 is 1.60 bits per heavy atom. The molecule has 3 aromatic carbocycles. The van der Waals surface area contributed by atoms with Crippen molar-refractivity contribution in [3.63, 3.8) is 0 Å². The maximum atomic E-state index is 12.6. The monoisotopic (exact) mass is 774 g/mol. The maximum absolute atomic E-state index is 12.6. The second-order valence-electron chi connectivity index (χ2n) is 8.53. The third kappa shape index (κ3) is 11.7. The maximum Gasteiger partial charge on any atom is 0.296 e. The van der Waals surface area contributed by atoms with Crippen LogP contribution >= 0.6 is 24.6 Å². The van der Waals surface area contributed by atoms with E-state index in [4.69, 9.17) is 14.7 Å². The van der Waals surface area contributed by atoms with Crippen LogP contribution in [0.3, 0.4) is 0 Å². The average molecular weight is 775 g/mol. The van der Waals surface area contributed by atoms with E-state index in [-0.39, 0.29) is 53.2 Å². The zero-order valence-corrected chi connectivity index (χ0v) is 27.6. The topological polar surface area (TPSA) is 308 Å². The third-order valence-corrected chi connectivity index (χ3v) is 10.5. The molecule has 262 valence electrons. The first kappa shape index (κ1) is 39.1. The van der Waals surface area contributed by atoms with Gasteiger partial charge in [0, 0.05) is 12.1 Å². The number of benzene rings is 3. The first-order valence-electron chi connectivity index (χ1n) is 12.3. The Morgan fingerprint density at radius 2 is 1.08 bits per heavy atom. The lowest BCUT2D eigenvalue weighted by Gasteiger charge is -2.08. The first-order chi connectivity index (χ1) is 22.7. The van der Waals surface area contributed by atoms with Gasteiger partial charge in [0.2, 0.25) is 0 Å². The molecule has 26 heteroatoms. The molecule has 0 unspecified atom stereocenters. The van der Waals surface area contributed by atoms with Gasteiger partial charge in [-0.3, -0.25) is 12.9 Å². The molecule has 0 radical (unpaired) electrons. The molecule has 0 aliphatic heterocycles. The van der Waals surface area contributed by atoms with Crippen LogP contribution in [0, 0.1) is 0 Å². The molecule has 0 saturated heterocycles. The lowest BCUT2D eigenvalue weighted by atomic mass is 10.2. The molecule has 0 saturated carbocycles. The summed E-state index contributed by atoms with van der Waals surface area (Å²) >= 11 is 0.355.